The molecule has 120 valence electrons. The van der Waals surface area contributed by atoms with Crippen molar-refractivity contribution in [1.82, 2.24) is 19.4 Å². The van der Waals surface area contributed by atoms with Gasteiger partial charge in [-0.15, -0.1) is 0 Å². The second-order valence-electron chi connectivity index (χ2n) is 6.56. The van der Waals surface area contributed by atoms with E-state index in [4.69, 9.17) is 10.1 Å². The van der Waals surface area contributed by atoms with Crippen LogP contribution in [0, 0.1) is 5.92 Å². The van der Waals surface area contributed by atoms with Crippen molar-refractivity contribution in [3.63, 3.8) is 0 Å². The number of aliphatic hydroxyl groups excluding tert-OH is 1. The quantitative estimate of drug-likeness (QED) is 0.888. The highest BCUT2D eigenvalue weighted by Crippen LogP contribution is 2.23. The fourth-order valence-electron chi connectivity index (χ4n) is 3.36. The Labute approximate surface area is 132 Å². The van der Waals surface area contributed by atoms with E-state index >= 15 is 0 Å². The van der Waals surface area contributed by atoms with Crippen LogP contribution in [0.5, 0.6) is 0 Å². The zero-order valence-electron chi connectivity index (χ0n) is 13.6. The van der Waals surface area contributed by atoms with Crippen LogP contribution in [0.4, 0.5) is 0 Å². The third-order valence-corrected chi connectivity index (χ3v) is 4.63. The van der Waals surface area contributed by atoms with Gasteiger partial charge in [-0.25, -0.2) is 9.97 Å². The van der Waals surface area contributed by atoms with Gasteiger partial charge in [0.1, 0.15) is 11.3 Å². The van der Waals surface area contributed by atoms with Crippen molar-refractivity contribution in [2.45, 2.75) is 45.7 Å². The molecule has 1 N–H and O–H groups in total. The van der Waals surface area contributed by atoms with Crippen LogP contribution in [-0.4, -0.2) is 50.3 Å². The Bertz CT molecular complexity index is 622. The number of imidazole rings is 1. The van der Waals surface area contributed by atoms with Crippen molar-refractivity contribution in [3.05, 3.63) is 24.2 Å². The molecule has 1 saturated heterocycles. The smallest absolute Gasteiger partial charge is 0.159 e. The summed E-state index contributed by atoms with van der Waals surface area (Å²) in [6.07, 6.45) is 4.65. The maximum atomic E-state index is 9.11. The first-order valence-corrected chi connectivity index (χ1v) is 8.34. The highest BCUT2D eigenvalue weighted by atomic mass is 16.2. The van der Waals surface area contributed by atoms with Crippen LogP contribution in [0.1, 0.15) is 32.5 Å². The first-order valence-electron chi connectivity index (χ1n) is 8.34. The van der Waals surface area contributed by atoms with Crippen LogP contribution in [0.25, 0.3) is 11.2 Å². The molecule has 0 saturated carbocycles. The lowest BCUT2D eigenvalue weighted by Gasteiger charge is -2.20. The van der Waals surface area contributed by atoms with Crippen LogP contribution >= 0.6 is 0 Å². The molecule has 0 amide bonds. The van der Waals surface area contributed by atoms with Crippen molar-refractivity contribution < 1.29 is 5.11 Å². The molecule has 0 aromatic carbocycles. The van der Waals surface area contributed by atoms with Crippen molar-refractivity contribution in [3.8, 4) is 0 Å². The van der Waals surface area contributed by atoms with E-state index in [2.05, 4.69) is 28.3 Å². The summed E-state index contributed by atoms with van der Waals surface area (Å²) in [5, 5.41) is 9.11. The summed E-state index contributed by atoms with van der Waals surface area (Å²) in [6, 6.07) is 4.58. The molecule has 0 bridgehead atoms. The molecule has 2 aromatic heterocycles. The van der Waals surface area contributed by atoms with Crippen LogP contribution in [0.2, 0.25) is 0 Å². The number of hydrogen-bond acceptors (Lipinski definition) is 4. The third-order valence-electron chi connectivity index (χ3n) is 4.63. The molecular weight excluding hydrogens is 276 g/mol. The number of aliphatic hydroxyl groups is 1. The van der Waals surface area contributed by atoms with E-state index in [1.165, 1.54) is 13.0 Å². The number of rotatable bonds is 6. The van der Waals surface area contributed by atoms with Gasteiger partial charge in [0.2, 0.25) is 0 Å². The van der Waals surface area contributed by atoms with Gasteiger partial charge in [-0.2, -0.15) is 0 Å². The number of aromatic nitrogens is 3. The summed E-state index contributed by atoms with van der Waals surface area (Å²) in [4.78, 5) is 11.8. The molecule has 1 aliphatic heterocycles. The third kappa shape index (κ3) is 3.15. The lowest BCUT2D eigenvalue weighted by Crippen LogP contribution is -2.29. The van der Waals surface area contributed by atoms with Gasteiger partial charge in [0.15, 0.2) is 5.65 Å². The zero-order valence-corrected chi connectivity index (χ0v) is 13.6. The van der Waals surface area contributed by atoms with Crippen molar-refractivity contribution in [2.24, 2.45) is 5.92 Å². The van der Waals surface area contributed by atoms with E-state index in [-0.39, 0.29) is 6.61 Å². The predicted octanol–water partition coefficient (Wildman–Crippen LogP) is 2.09. The lowest BCUT2D eigenvalue weighted by atomic mass is 10.1. The Kier molecular flexibility index (Phi) is 4.74. The monoisotopic (exact) mass is 302 g/mol. The maximum absolute atomic E-state index is 9.11. The summed E-state index contributed by atoms with van der Waals surface area (Å²) < 4.78 is 2.28. The first kappa shape index (κ1) is 15.4. The largest absolute Gasteiger partial charge is 0.396 e. The summed E-state index contributed by atoms with van der Waals surface area (Å²) in [5.74, 6) is 1.72. The molecule has 2 aromatic rings. The fourth-order valence-corrected chi connectivity index (χ4v) is 3.36. The highest BCUT2D eigenvalue weighted by molar-refractivity contribution is 5.71. The average molecular weight is 302 g/mol. The van der Waals surface area contributed by atoms with E-state index in [0.717, 1.165) is 42.9 Å². The number of aryl methyl sites for hydroxylation is 1. The summed E-state index contributed by atoms with van der Waals surface area (Å²) in [7, 11) is 0. The Morgan fingerprint density at radius 2 is 2.27 bits per heavy atom. The number of pyridine rings is 1. The molecule has 1 fully saturated rings. The van der Waals surface area contributed by atoms with Crippen LogP contribution in [0.15, 0.2) is 18.3 Å². The topological polar surface area (TPSA) is 54.2 Å². The van der Waals surface area contributed by atoms with Crippen molar-refractivity contribution in [2.75, 3.05) is 19.7 Å². The average Bonchev–Trinajstić information content (AvgIpc) is 3.11. The van der Waals surface area contributed by atoms with E-state index in [1.807, 2.05) is 18.3 Å². The number of hydrogen-bond donors (Lipinski definition) is 1. The van der Waals surface area contributed by atoms with Gasteiger partial charge in [0.25, 0.3) is 0 Å². The standard InChI is InChI=1S/C17H26N4O/c1-13(2)20-9-7-14(11-20)12-21-16(6-4-10-22)19-15-5-3-8-18-17(15)21/h3,5,8,13-14,22H,4,6-7,9-12H2,1-2H3. The zero-order chi connectivity index (χ0) is 15.5. The van der Waals surface area contributed by atoms with E-state index in [9.17, 15) is 0 Å². The predicted molar refractivity (Wildman–Crippen MR) is 87.8 cm³/mol. The van der Waals surface area contributed by atoms with E-state index in [1.54, 1.807) is 0 Å². The first-order chi connectivity index (χ1) is 10.7. The number of fused-ring (bicyclic) bond motifs is 1. The minimum atomic E-state index is 0.210. The summed E-state index contributed by atoms with van der Waals surface area (Å²) in [6.45, 7) is 8.07. The van der Waals surface area contributed by atoms with Crippen molar-refractivity contribution >= 4 is 11.2 Å². The molecule has 0 radical (unpaired) electrons. The highest BCUT2D eigenvalue weighted by Gasteiger charge is 2.25. The van der Waals surface area contributed by atoms with Crippen LogP contribution < -0.4 is 0 Å². The Morgan fingerprint density at radius 1 is 1.41 bits per heavy atom. The second kappa shape index (κ2) is 6.75. The molecule has 1 unspecified atom stereocenters. The van der Waals surface area contributed by atoms with Gasteiger partial charge in [0, 0.05) is 38.4 Å². The molecule has 0 spiro atoms. The molecule has 1 atom stereocenters. The molecule has 22 heavy (non-hydrogen) atoms. The van der Waals surface area contributed by atoms with Gasteiger partial charge < -0.3 is 14.6 Å². The SMILES string of the molecule is CC(C)N1CCC(Cn2c(CCCO)nc3cccnc32)C1. The summed E-state index contributed by atoms with van der Waals surface area (Å²) in [5.41, 5.74) is 1.95. The van der Waals surface area contributed by atoms with Gasteiger partial charge >= 0.3 is 0 Å². The van der Waals surface area contributed by atoms with Gasteiger partial charge in [-0.05, 0) is 51.3 Å². The van der Waals surface area contributed by atoms with Gasteiger partial charge in [-0.1, -0.05) is 0 Å². The molecule has 5 nitrogen and oxygen atoms in total. The molecule has 3 rings (SSSR count). The summed E-state index contributed by atoms with van der Waals surface area (Å²) >= 11 is 0. The van der Waals surface area contributed by atoms with Crippen LogP contribution in [-0.2, 0) is 13.0 Å². The Hall–Kier alpha value is -1.46. The number of likely N-dealkylation sites (tertiary alicyclic amines) is 1. The molecule has 3 heterocycles. The second-order valence-corrected chi connectivity index (χ2v) is 6.56. The van der Waals surface area contributed by atoms with E-state index < -0.39 is 0 Å². The van der Waals surface area contributed by atoms with Crippen LogP contribution in [0.3, 0.4) is 0 Å². The normalized spacial score (nSPS) is 19.5. The minimum Gasteiger partial charge on any atom is -0.396 e. The molecule has 0 aliphatic carbocycles. The Morgan fingerprint density at radius 3 is 3.00 bits per heavy atom. The molecule has 1 aliphatic rings. The Balaban J connectivity index is 1.82. The maximum Gasteiger partial charge on any atom is 0.159 e. The number of nitrogens with zero attached hydrogens (tertiary/aromatic N) is 4. The van der Waals surface area contributed by atoms with E-state index in [0.29, 0.717) is 12.0 Å². The minimum absolute atomic E-state index is 0.210. The van der Waals surface area contributed by atoms with Crippen molar-refractivity contribution in [1.29, 1.82) is 0 Å². The van der Waals surface area contributed by atoms with Gasteiger partial charge in [-0.3, -0.25) is 0 Å². The lowest BCUT2D eigenvalue weighted by molar-refractivity contribution is 0.260. The molecule has 5 heteroatoms. The van der Waals surface area contributed by atoms with Gasteiger partial charge in [0.05, 0.1) is 0 Å². The fraction of sp³-hybridized carbons (Fsp3) is 0.647. The molecular formula is C17H26N4O.